The third-order valence-electron chi connectivity index (χ3n) is 5.34. The monoisotopic (exact) mass is 414 g/mol. The molecule has 0 aliphatic carbocycles. The predicted octanol–water partition coefficient (Wildman–Crippen LogP) is 4.91. The standard InChI is InChI=1S/C24H31ClN2O2/c1-5-18(3)26-24(29)19(4)27(16-21-12-7-6-10-17(21)2)23(28)15-14-20-11-8-9-13-22(20)25/h6-13,18-19H,5,14-16H2,1-4H3,(H,26,29)/t18-,19-/m1/s1. The van der Waals surface area contributed by atoms with Gasteiger partial charge in [0.1, 0.15) is 6.04 Å². The van der Waals surface area contributed by atoms with E-state index >= 15 is 0 Å². The highest BCUT2D eigenvalue weighted by molar-refractivity contribution is 6.31. The zero-order valence-electron chi connectivity index (χ0n) is 17.7. The molecule has 2 amide bonds. The van der Waals surface area contributed by atoms with Crippen LogP contribution in [-0.2, 0) is 22.6 Å². The maximum atomic E-state index is 13.1. The first-order valence-electron chi connectivity index (χ1n) is 10.2. The van der Waals surface area contributed by atoms with Crippen molar-refractivity contribution in [1.82, 2.24) is 10.2 Å². The molecule has 0 saturated heterocycles. The van der Waals surface area contributed by atoms with Crippen LogP contribution in [0.4, 0.5) is 0 Å². The van der Waals surface area contributed by atoms with Crippen LogP contribution in [-0.4, -0.2) is 28.8 Å². The van der Waals surface area contributed by atoms with Crippen molar-refractivity contribution < 1.29 is 9.59 Å². The van der Waals surface area contributed by atoms with Crippen molar-refractivity contribution in [1.29, 1.82) is 0 Å². The molecule has 156 valence electrons. The normalized spacial score (nSPS) is 12.9. The Bertz CT molecular complexity index is 837. The van der Waals surface area contributed by atoms with Crippen LogP contribution in [0.3, 0.4) is 0 Å². The van der Waals surface area contributed by atoms with Crippen LogP contribution in [0.2, 0.25) is 5.02 Å². The minimum Gasteiger partial charge on any atom is -0.352 e. The SMILES string of the molecule is CC[C@@H](C)NC(=O)[C@@H](C)N(Cc1ccccc1C)C(=O)CCc1ccccc1Cl. The zero-order valence-corrected chi connectivity index (χ0v) is 18.5. The summed E-state index contributed by atoms with van der Waals surface area (Å²) in [6.07, 6.45) is 1.69. The molecule has 0 saturated carbocycles. The number of amides is 2. The van der Waals surface area contributed by atoms with Crippen LogP contribution in [0.5, 0.6) is 0 Å². The number of benzene rings is 2. The lowest BCUT2D eigenvalue weighted by Gasteiger charge is -2.30. The molecular formula is C24H31ClN2O2. The average Bonchev–Trinajstić information content (AvgIpc) is 2.71. The summed E-state index contributed by atoms with van der Waals surface area (Å²) in [5, 5.41) is 3.65. The van der Waals surface area contributed by atoms with E-state index in [1.165, 1.54) is 0 Å². The second-order valence-electron chi connectivity index (χ2n) is 7.53. The van der Waals surface area contributed by atoms with Gasteiger partial charge in [-0.2, -0.15) is 0 Å². The summed E-state index contributed by atoms with van der Waals surface area (Å²) in [6.45, 7) is 8.21. The first kappa shape index (κ1) is 23.0. The largest absolute Gasteiger partial charge is 0.352 e. The number of hydrogen-bond acceptors (Lipinski definition) is 2. The quantitative estimate of drug-likeness (QED) is 0.633. The van der Waals surface area contributed by atoms with Gasteiger partial charge in [0.25, 0.3) is 0 Å². The molecule has 0 radical (unpaired) electrons. The molecule has 0 bridgehead atoms. The Kier molecular flexibility index (Phi) is 8.71. The van der Waals surface area contributed by atoms with Crippen molar-refractivity contribution in [3.8, 4) is 0 Å². The fourth-order valence-corrected chi connectivity index (χ4v) is 3.34. The Morgan fingerprint density at radius 2 is 1.66 bits per heavy atom. The maximum absolute atomic E-state index is 13.1. The summed E-state index contributed by atoms with van der Waals surface area (Å²) in [6, 6.07) is 15.0. The van der Waals surface area contributed by atoms with Crippen LogP contribution in [0.15, 0.2) is 48.5 Å². The molecule has 2 rings (SSSR count). The Hall–Kier alpha value is -2.33. The minimum atomic E-state index is -0.553. The zero-order chi connectivity index (χ0) is 21.4. The van der Waals surface area contributed by atoms with Crippen molar-refractivity contribution in [2.45, 2.75) is 65.6 Å². The van der Waals surface area contributed by atoms with Crippen molar-refractivity contribution in [2.24, 2.45) is 0 Å². The number of rotatable bonds is 9. The van der Waals surface area contributed by atoms with Gasteiger partial charge in [0.2, 0.25) is 11.8 Å². The van der Waals surface area contributed by atoms with E-state index < -0.39 is 6.04 Å². The van der Waals surface area contributed by atoms with E-state index in [1.807, 2.05) is 69.3 Å². The van der Waals surface area contributed by atoms with Crippen LogP contribution in [0, 0.1) is 6.92 Å². The lowest BCUT2D eigenvalue weighted by Crippen LogP contribution is -2.49. The Morgan fingerprint density at radius 3 is 2.28 bits per heavy atom. The minimum absolute atomic E-state index is 0.0556. The number of nitrogens with zero attached hydrogens (tertiary/aromatic N) is 1. The molecule has 2 atom stereocenters. The van der Waals surface area contributed by atoms with Gasteiger partial charge >= 0.3 is 0 Å². The summed E-state index contributed by atoms with van der Waals surface area (Å²) < 4.78 is 0. The number of hydrogen-bond donors (Lipinski definition) is 1. The van der Waals surface area contributed by atoms with Crippen LogP contribution < -0.4 is 5.32 Å². The molecule has 0 aliphatic heterocycles. The van der Waals surface area contributed by atoms with Gasteiger partial charge in [-0.25, -0.2) is 0 Å². The van der Waals surface area contributed by atoms with E-state index in [-0.39, 0.29) is 17.9 Å². The second kappa shape index (κ2) is 11.0. The van der Waals surface area contributed by atoms with Crippen LogP contribution >= 0.6 is 11.6 Å². The van der Waals surface area contributed by atoms with Crippen molar-refractivity contribution in [2.75, 3.05) is 0 Å². The van der Waals surface area contributed by atoms with Gasteiger partial charge in [-0.05, 0) is 56.4 Å². The molecular weight excluding hydrogens is 384 g/mol. The fourth-order valence-electron chi connectivity index (χ4n) is 3.11. The summed E-state index contributed by atoms with van der Waals surface area (Å²) >= 11 is 6.24. The highest BCUT2D eigenvalue weighted by Gasteiger charge is 2.27. The summed E-state index contributed by atoms with van der Waals surface area (Å²) in [5.74, 6) is -0.181. The van der Waals surface area contributed by atoms with E-state index in [1.54, 1.807) is 11.8 Å². The lowest BCUT2D eigenvalue weighted by molar-refractivity contribution is -0.140. The Morgan fingerprint density at radius 1 is 1.03 bits per heavy atom. The molecule has 1 N–H and O–H groups in total. The molecule has 4 nitrogen and oxygen atoms in total. The molecule has 2 aromatic rings. The number of nitrogens with one attached hydrogen (secondary N) is 1. The smallest absolute Gasteiger partial charge is 0.242 e. The number of carbonyl (C=O) groups is 2. The van der Waals surface area contributed by atoms with Crippen LogP contribution in [0.1, 0.15) is 50.3 Å². The van der Waals surface area contributed by atoms with Crippen molar-refractivity contribution >= 4 is 23.4 Å². The molecule has 0 fully saturated rings. The number of aryl methyl sites for hydroxylation is 2. The summed E-state index contributed by atoms with van der Waals surface area (Å²) in [5.41, 5.74) is 3.09. The second-order valence-corrected chi connectivity index (χ2v) is 7.94. The number of halogens is 1. The van der Waals surface area contributed by atoms with Crippen LogP contribution in [0.25, 0.3) is 0 Å². The Balaban J connectivity index is 2.18. The van der Waals surface area contributed by atoms with Gasteiger partial charge < -0.3 is 10.2 Å². The van der Waals surface area contributed by atoms with E-state index in [4.69, 9.17) is 11.6 Å². The van der Waals surface area contributed by atoms with Gasteiger partial charge in [0, 0.05) is 24.0 Å². The fraction of sp³-hybridized carbons (Fsp3) is 0.417. The molecule has 0 aromatic heterocycles. The maximum Gasteiger partial charge on any atom is 0.242 e. The lowest BCUT2D eigenvalue weighted by atomic mass is 10.1. The first-order chi connectivity index (χ1) is 13.8. The van der Waals surface area contributed by atoms with E-state index in [9.17, 15) is 9.59 Å². The van der Waals surface area contributed by atoms with Crippen molar-refractivity contribution in [3.63, 3.8) is 0 Å². The highest BCUT2D eigenvalue weighted by atomic mass is 35.5. The highest BCUT2D eigenvalue weighted by Crippen LogP contribution is 2.19. The Labute approximate surface area is 179 Å². The molecule has 0 aliphatic rings. The summed E-state index contributed by atoms with van der Waals surface area (Å²) in [4.78, 5) is 27.6. The summed E-state index contributed by atoms with van der Waals surface area (Å²) in [7, 11) is 0. The molecule has 0 unspecified atom stereocenters. The van der Waals surface area contributed by atoms with Gasteiger partial charge in [0.15, 0.2) is 0 Å². The van der Waals surface area contributed by atoms with E-state index in [0.717, 1.165) is 23.1 Å². The third kappa shape index (κ3) is 6.60. The number of carbonyl (C=O) groups excluding carboxylic acids is 2. The molecule has 2 aromatic carbocycles. The third-order valence-corrected chi connectivity index (χ3v) is 5.71. The molecule has 5 heteroatoms. The van der Waals surface area contributed by atoms with E-state index in [0.29, 0.717) is 24.4 Å². The average molecular weight is 415 g/mol. The van der Waals surface area contributed by atoms with Gasteiger partial charge in [-0.1, -0.05) is 61.0 Å². The van der Waals surface area contributed by atoms with E-state index in [2.05, 4.69) is 5.32 Å². The molecule has 0 spiro atoms. The van der Waals surface area contributed by atoms with Gasteiger partial charge in [-0.15, -0.1) is 0 Å². The molecule has 29 heavy (non-hydrogen) atoms. The molecule has 0 heterocycles. The van der Waals surface area contributed by atoms with Gasteiger partial charge in [0.05, 0.1) is 0 Å². The predicted molar refractivity (Wildman–Crippen MR) is 119 cm³/mol. The topological polar surface area (TPSA) is 49.4 Å². The van der Waals surface area contributed by atoms with Crippen molar-refractivity contribution in [3.05, 3.63) is 70.2 Å². The van der Waals surface area contributed by atoms with Gasteiger partial charge in [-0.3, -0.25) is 9.59 Å². The first-order valence-corrected chi connectivity index (χ1v) is 10.6.